The van der Waals surface area contributed by atoms with Gasteiger partial charge in [-0.25, -0.2) is 23.7 Å². The predicted octanol–water partition coefficient (Wildman–Crippen LogP) is 2.07. The fourth-order valence-corrected chi connectivity index (χ4v) is 3.22. The van der Waals surface area contributed by atoms with Crippen LogP contribution in [0.2, 0.25) is 0 Å². The smallest absolute Gasteiger partial charge is 0.290 e. The van der Waals surface area contributed by atoms with Crippen LogP contribution in [0.15, 0.2) is 35.6 Å². The zero-order valence-electron chi connectivity index (χ0n) is 13.7. The Balaban J connectivity index is 1.59. The molecule has 1 atom stereocenters. The van der Waals surface area contributed by atoms with Gasteiger partial charge in [0.2, 0.25) is 0 Å². The minimum Gasteiger partial charge on any atom is -0.365 e. The van der Waals surface area contributed by atoms with Crippen molar-refractivity contribution in [1.29, 1.82) is 0 Å². The SMILES string of the molecule is O=c1[nH]ccnc1N1CCC[C@H](Nc2ncnc3cc(F)c(F)cc23)C1. The van der Waals surface area contributed by atoms with Crippen LogP contribution in [0.1, 0.15) is 12.8 Å². The maximum atomic E-state index is 13.6. The van der Waals surface area contributed by atoms with Gasteiger partial charge in [0.05, 0.1) is 5.52 Å². The summed E-state index contributed by atoms with van der Waals surface area (Å²) in [5.41, 5.74) is 0.0911. The summed E-state index contributed by atoms with van der Waals surface area (Å²) in [6, 6.07) is 2.13. The third-order valence-electron chi connectivity index (χ3n) is 4.43. The standard InChI is InChI=1S/C17H16F2N6O/c18-12-6-11-14(7-13(12)19)22-9-23-15(11)24-10-2-1-5-25(8-10)16-17(26)21-4-3-20-16/h3-4,6-7,9-10H,1-2,5,8H2,(H,21,26)(H,22,23,24)/t10-/m0/s1. The van der Waals surface area contributed by atoms with Crippen LogP contribution in [-0.4, -0.2) is 39.1 Å². The molecule has 1 aliphatic rings. The first kappa shape index (κ1) is 16.4. The van der Waals surface area contributed by atoms with E-state index in [0.717, 1.165) is 31.5 Å². The molecule has 4 rings (SSSR count). The highest BCUT2D eigenvalue weighted by Gasteiger charge is 2.23. The minimum absolute atomic E-state index is 0.0172. The normalized spacial score (nSPS) is 17.5. The Morgan fingerprint density at radius 3 is 2.88 bits per heavy atom. The lowest BCUT2D eigenvalue weighted by Crippen LogP contribution is -2.44. The number of H-pyrrole nitrogens is 1. The van der Waals surface area contributed by atoms with Gasteiger partial charge >= 0.3 is 0 Å². The fourth-order valence-electron chi connectivity index (χ4n) is 3.22. The summed E-state index contributed by atoms with van der Waals surface area (Å²) in [5.74, 6) is -1.07. The van der Waals surface area contributed by atoms with Gasteiger partial charge in [0.1, 0.15) is 12.1 Å². The molecular formula is C17H16F2N6O. The van der Waals surface area contributed by atoms with E-state index in [1.54, 1.807) is 6.20 Å². The average Bonchev–Trinajstić information content (AvgIpc) is 2.64. The molecule has 3 heterocycles. The summed E-state index contributed by atoms with van der Waals surface area (Å²) in [6.07, 6.45) is 6.07. The van der Waals surface area contributed by atoms with Crippen molar-refractivity contribution in [2.24, 2.45) is 0 Å². The first-order chi connectivity index (χ1) is 12.6. The van der Waals surface area contributed by atoms with Crippen molar-refractivity contribution in [3.8, 4) is 0 Å². The Morgan fingerprint density at radius 2 is 2.04 bits per heavy atom. The van der Waals surface area contributed by atoms with E-state index in [2.05, 4.69) is 25.3 Å². The summed E-state index contributed by atoms with van der Waals surface area (Å²) in [4.78, 5) is 28.8. The van der Waals surface area contributed by atoms with Crippen molar-refractivity contribution in [3.05, 3.63) is 52.8 Å². The van der Waals surface area contributed by atoms with Gasteiger partial charge in [0, 0.05) is 43.0 Å². The number of piperidine rings is 1. The zero-order chi connectivity index (χ0) is 18.1. The molecule has 26 heavy (non-hydrogen) atoms. The van der Waals surface area contributed by atoms with Crippen LogP contribution in [0.3, 0.4) is 0 Å². The Morgan fingerprint density at radius 1 is 1.19 bits per heavy atom. The van der Waals surface area contributed by atoms with E-state index in [9.17, 15) is 13.6 Å². The lowest BCUT2D eigenvalue weighted by Gasteiger charge is -2.33. The Labute approximate surface area is 147 Å². The van der Waals surface area contributed by atoms with Gasteiger partial charge in [-0.2, -0.15) is 0 Å². The quantitative estimate of drug-likeness (QED) is 0.745. The molecule has 0 spiro atoms. The van der Waals surface area contributed by atoms with Crippen LogP contribution in [-0.2, 0) is 0 Å². The number of nitrogens with one attached hydrogen (secondary N) is 2. The predicted molar refractivity (Wildman–Crippen MR) is 93.2 cm³/mol. The second-order valence-corrected chi connectivity index (χ2v) is 6.18. The molecule has 1 aromatic carbocycles. The van der Waals surface area contributed by atoms with Crippen LogP contribution < -0.4 is 15.8 Å². The Kier molecular flexibility index (Phi) is 4.19. The number of aromatic nitrogens is 4. The number of rotatable bonds is 3. The summed E-state index contributed by atoms with van der Waals surface area (Å²) in [5, 5.41) is 3.68. The van der Waals surface area contributed by atoms with Gasteiger partial charge in [-0.3, -0.25) is 4.79 Å². The van der Waals surface area contributed by atoms with Crippen molar-refractivity contribution in [2.75, 3.05) is 23.3 Å². The second-order valence-electron chi connectivity index (χ2n) is 6.18. The molecule has 0 bridgehead atoms. The maximum absolute atomic E-state index is 13.6. The van der Waals surface area contributed by atoms with E-state index in [0.29, 0.717) is 29.1 Å². The van der Waals surface area contributed by atoms with Crippen molar-refractivity contribution in [3.63, 3.8) is 0 Å². The number of anilines is 2. The molecule has 1 aliphatic heterocycles. The van der Waals surface area contributed by atoms with Gasteiger partial charge < -0.3 is 15.2 Å². The zero-order valence-corrected chi connectivity index (χ0v) is 13.7. The van der Waals surface area contributed by atoms with E-state index in [-0.39, 0.29) is 11.6 Å². The summed E-state index contributed by atoms with van der Waals surface area (Å²) < 4.78 is 27.0. The van der Waals surface area contributed by atoms with Crippen LogP contribution in [0.25, 0.3) is 10.9 Å². The average molecular weight is 358 g/mol. The summed E-state index contributed by atoms with van der Waals surface area (Å²) in [6.45, 7) is 1.28. The molecule has 0 unspecified atom stereocenters. The topological polar surface area (TPSA) is 86.8 Å². The number of fused-ring (bicyclic) bond motifs is 1. The molecule has 0 saturated carbocycles. The highest BCUT2D eigenvalue weighted by Crippen LogP contribution is 2.24. The number of nitrogens with zero attached hydrogens (tertiary/aromatic N) is 4. The van der Waals surface area contributed by atoms with Gasteiger partial charge in [0.15, 0.2) is 17.5 Å². The monoisotopic (exact) mass is 358 g/mol. The molecule has 2 aromatic heterocycles. The Hall–Kier alpha value is -3.10. The number of hydrogen-bond acceptors (Lipinski definition) is 6. The van der Waals surface area contributed by atoms with Crippen molar-refractivity contribution in [1.82, 2.24) is 19.9 Å². The van der Waals surface area contributed by atoms with E-state index < -0.39 is 11.6 Å². The largest absolute Gasteiger partial charge is 0.365 e. The minimum atomic E-state index is -0.944. The lowest BCUT2D eigenvalue weighted by molar-refractivity contribution is 0.510. The highest BCUT2D eigenvalue weighted by molar-refractivity contribution is 5.89. The van der Waals surface area contributed by atoms with Crippen molar-refractivity contribution in [2.45, 2.75) is 18.9 Å². The van der Waals surface area contributed by atoms with E-state index in [1.165, 1.54) is 12.5 Å². The van der Waals surface area contributed by atoms with E-state index in [1.807, 2.05) is 4.90 Å². The second kappa shape index (κ2) is 6.66. The van der Waals surface area contributed by atoms with Gasteiger partial charge in [-0.05, 0) is 18.9 Å². The first-order valence-electron chi connectivity index (χ1n) is 8.27. The van der Waals surface area contributed by atoms with Gasteiger partial charge in [-0.15, -0.1) is 0 Å². The molecule has 0 aliphatic carbocycles. The highest BCUT2D eigenvalue weighted by atomic mass is 19.2. The molecule has 9 heteroatoms. The summed E-state index contributed by atoms with van der Waals surface area (Å²) >= 11 is 0. The van der Waals surface area contributed by atoms with Gasteiger partial charge in [-0.1, -0.05) is 0 Å². The molecule has 7 nitrogen and oxygen atoms in total. The number of hydrogen-bond donors (Lipinski definition) is 2. The molecule has 3 aromatic rings. The van der Waals surface area contributed by atoms with Crippen LogP contribution >= 0.6 is 0 Å². The number of benzene rings is 1. The van der Waals surface area contributed by atoms with Crippen LogP contribution in [0, 0.1) is 11.6 Å². The lowest BCUT2D eigenvalue weighted by atomic mass is 10.1. The van der Waals surface area contributed by atoms with Crippen molar-refractivity contribution >= 4 is 22.5 Å². The van der Waals surface area contributed by atoms with Crippen LogP contribution in [0.5, 0.6) is 0 Å². The van der Waals surface area contributed by atoms with E-state index >= 15 is 0 Å². The third kappa shape index (κ3) is 3.07. The van der Waals surface area contributed by atoms with E-state index in [4.69, 9.17) is 0 Å². The Bertz CT molecular complexity index is 1010. The van der Waals surface area contributed by atoms with Crippen LogP contribution in [0.4, 0.5) is 20.4 Å². The molecule has 1 saturated heterocycles. The molecule has 0 amide bonds. The van der Waals surface area contributed by atoms with Crippen molar-refractivity contribution < 1.29 is 8.78 Å². The summed E-state index contributed by atoms with van der Waals surface area (Å²) in [7, 11) is 0. The first-order valence-corrected chi connectivity index (χ1v) is 8.27. The number of halogens is 2. The third-order valence-corrected chi connectivity index (χ3v) is 4.43. The molecule has 134 valence electrons. The van der Waals surface area contributed by atoms with Gasteiger partial charge in [0.25, 0.3) is 5.56 Å². The number of aromatic amines is 1. The maximum Gasteiger partial charge on any atom is 0.290 e. The molecule has 1 fully saturated rings. The molecular weight excluding hydrogens is 342 g/mol. The fraction of sp³-hybridized carbons (Fsp3) is 0.294. The molecule has 2 N–H and O–H groups in total. The molecule has 0 radical (unpaired) electrons.